The van der Waals surface area contributed by atoms with E-state index >= 15 is 0 Å². The molecular formula is C15H10N2O5. The van der Waals surface area contributed by atoms with Gasteiger partial charge < -0.3 is 15.3 Å². The Morgan fingerprint density at radius 2 is 1.82 bits per heavy atom. The summed E-state index contributed by atoms with van der Waals surface area (Å²) < 4.78 is 1.48. The van der Waals surface area contributed by atoms with Gasteiger partial charge in [0.2, 0.25) is 0 Å². The minimum Gasteiger partial charge on any atom is -0.508 e. The third-order valence-corrected chi connectivity index (χ3v) is 3.20. The predicted octanol–water partition coefficient (Wildman–Crippen LogP) is 2.10. The zero-order valence-electron chi connectivity index (χ0n) is 11.1. The summed E-state index contributed by atoms with van der Waals surface area (Å²) in [5.41, 5.74) is 0.412. The number of fused-ring (bicyclic) bond motifs is 1. The Morgan fingerprint density at radius 3 is 2.45 bits per heavy atom. The number of carbonyl (C=O) groups is 2. The molecule has 0 aliphatic rings. The Labute approximate surface area is 123 Å². The second kappa shape index (κ2) is 4.88. The fourth-order valence-corrected chi connectivity index (χ4v) is 2.22. The normalized spacial score (nSPS) is 10.7. The first-order valence-electron chi connectivity index (χ1n) is 6.25. The van der Waals surface area contributed by atoms with Gasteiger partial charge in [0.25, 0.3) is 0 Å². The summed E-state index contributed by atoms with van der Waals surface area (Å²) in [5, 5.41) is 27.8. The standard InChI is InChI=1S/C15H10N2O5/c18-10-3-1-2-8(6-10)13-16-12(15(21)22)11-7-9(14(19)20)4-5-17(11)13/h1-7,18H,(H,19,20)(H,21,22). The molecule has 0 unspecified atom stereocenters. The van der Waals surface area contributed by atoms with Crippen LogP contribution in [-0.2, 0) is 0 Å². The molecule has 22 heavy (non-hydrogen) atoms. The van der Waals surface area contributed by atoms with Crippen molar-refractivity contribution in [1.82, 2.24) is 9.38 Å². The van der Waals surface area contributed by atoms with Gasteiger partial charge in [-0.1, -0.05) is 12.1 Å². The molecule has 3 aromatic rings. The van der Waals surface area contributed by atoms with Crippen molar-refractivity contribution >= 4 is 17.5 Å². The number of carboxylic acids is 2. The van der Waals surface area contributed by atoms with Gasteiger partial charge in [-0.15, -0.1) is 0 Å². The number of hydrogen-bond donors (Lipinski definition) is 3. The number of benzene rings is 1. The molecule has 3 N–H and O–H groups in total. The van der Waals surface area contributed by atoms with Crippen molar-refractivity contribution in [3.63, 3.8) is 0 Å². The van der Waals surface area contributed by atoms with Gasteiger partial charge in [-0.05, 0) is 24.3 Å². The van der Waals surface area contributed by atoms with Crippen molar-refractivity contribution in [3.05, 3.63) is 53.9 Å². The Bertz CT molecular complexity index is 913. The molecule has 110 valence electrons. The molecule has 0 bridgehead atoms. The van der Waals surface area contributed by atoms with Crippen LogP contribution in [0.1, 0.15) is 20.8 Å². The lowest BCUT2D eigenvalue weighted by molar-refractivity contribution is 0.0682. The van der Waals surface area contributed by atoms with Gasteiger partial charge in [0.15, 0.2) is 5.69 Å². The van der Waals surface area contributed by atoms with Crippen molar-refractivity contribution in [1.29, 1.82) is 0 Å². The summed E-state index contributed by atoms with van der Waals surface area (Å²) in [6, 6.07) is 8.83. The summed E-state index contributed by atoms with van der Waals surface area (Å²) in [6.45, 7) is 0. The number of aromatic nitrogens is 2. The third kappa shape index (κ3) is 2.14. The van der Waals surface area contributed by atoms with E-state index in [0.717, 1.165) is 0 Å². The molecule has 0 spiro atoms. The van der Waals surface area contributed by atoms with E-state index in [4.69, 9.17) is 5.11 Å². The highest BCUT2D eigenvalue weighted by Gasteiger charge is 2.19. The second-order valence-electron chi connectivity index (χ2n) is 4.62. The molecule has 2 aromatic heterocycles. The lowest BCUT2D eigenvalue weighted by atomic mass is 10.2. The van der Waals surface area contributed by atoms with Crippen molar-refractivity contribution in [2.75, 3.05) is 0 Å². The van der Waals surface area contributed by atoms with Crippen molar-refractivity contribution in [3.8, 4) is 17.1 Å². The summed E-state index contributed by atoms with van der Waals surface area (Å²) >= 11 is 0. The fourth-order valence-electron chi connectivity index (χ4n) is 2.22. The van der Waals surface area contributed by atoms with Crippen LogP contribution in [0.4, 0.5) is 0 Å². The molecule has 0 aliphatic carbocycles. The molecule has 3 rings (SSSR count). The molecule has 0 fully saturated rings. The van der Waals surface area contributed by atoms with Gasteiger partial charge in [0.05, 0.1) is 11.1 Å². The SMILES string of the molecule is O=C(O)c1ccn2c(-c3cccc(O)c3)nc(C(=O)O)c2c1. The molecule has 0 saturated heterocycles. The summed E-state index contributed by atoms with van der Waals surface area (Å²) in [6.07, 6.45) is 1.44. The van der Waals surface area contributed by atoms with Crippen LogP contribution < -0.4 is 0 Å². The first kappa shape index (κ1) is 13.6. The summed E-state index contributed by atoms with van der Waals surface area (Å²) in [7, 11) is 0. The summed E-state index contributed by atoms with van der Waals surface area (Å²) in [4.78, 5) is 26.4. The molecule has 0 amide bonds. The maximum atomic E-state index is 11.3. The van der Waals surface area contributed by atoms with E-state index in [-0.39, 0.29) is 22.5 Å². The van der Waals surface area contributed by atoms with Gasteiger partial charge in [-0.25, -0.2) is 14.6 Å². The number of hydrogen-bond acceptors (Lipinski definition) is 4. The highest BCUT2D eigenvalue weighted by atomic mass is 16.4. The average molecular weight is 298 g/mol. The van der Waals surface area contributed by atoms with Crippen LogP contribution in [0.25, 0.3) is 16.9 Å². The van der Waals surface area contributed by atoms with Crippen LogP contribution in [0.2, 0.25) is 0 Å². The first-order valence-corrected chi connectivity index (χ1v) is 6.25. The smallest absolute Gasteiger partial charge is 0.356 e. The quantitative estimate of drug-likeness (QED) is 0.682. The van der Waals surface area contributed by atoms with Crippen molar-refractivity contribution in [2.24, 2.45) is 0 Å². The lowest BCUT2D eigenvalue weighted by Crippen LogP contribution is -2.00. The predicted molar refractivity (Wildman–Crippen MR) is 76.2 cm³/mol. The molecule has 0 radical (unpaired) electrons. The van der Waals surface area contributed by atoms with Crippen LogP contribution in [0.15, 0.2) is 42.6 Å². The van der Waals surface area contributed by atoms with Crippen LogP contribution >= 0.6 is 0 Å². The lowest BCUT2D eigenvalue weighted by Gasteiger charge is -2.03. The minimum atomic E-state index is -1.26. The van der Waals surface area contributed by atoms with Gasteiger partial charge in [-0.3, -0.25) is 4.40 Å². The minimum absolute atomic E-state index is 0.0216. The van der Waals surface area contributed by atoms with E-state index in [9.17, 15) is 19.8 Å². The number of pyridine rings is 1. The van der Waals surface area contributed by atoms with Crippen LogP contribution in [0.5, 0.6) is 5.75 Å². The molecule has 7 heteroatoms. The van der Waals surface area contributed by atoms with Crippen molar-refractivity contribution < 1.29 is 24.9 Å². The number of phenolic OH excluding ortho intramolecular Hbond substituents is 1. The average Bonchev–Trinajstić information content (AvgIpc) is 2.86. The van der Waals surface area contributed by atoms with Gasteiger partial charge in [-0.2, -0.15) is 0 Å². The van der Waals surface area contributed by atoms with E-state index in [1.807, 2.05) is 0 Å². The highest BCUT2D eigenvalue weighted by Crippen LogP contribution is 2.26. The molecule has 2 heterocycles. The number of nitrogens with zero attached hydrogens (tertiary/aromatic N) is 2. The van der Waals surface area contributed by atoms with Gasteiger partial charge >= 0.3 is 11.9 Å². The number of rotatable bonds is 3. The second-order valence-corrected chi connectivity index (χ2v) is 4.62. The number of aromatic carboxylic acids is 2. The first-order chi connectivity index (χ1) is 10.5. The number of aromatic hydroxyl groups is 1. The largest absolute Gasteiger partial charge is 0.508 e. The van der Waals surface area contributed by atoms with Gasteiger partial charge in [0.1, 0.15) is 11.6 Å². The molecular weight excluding hydrogens is 288 g/mol. The van der Waals surface area contributed by atoms with Crippen LogP contribution in [-0.4, -0.2) is 36.6 Å². The maximum Gasteiger partial charge on any atom is 0.356 e. The maximum absolute atomic E-state index is 11.3. The molecule has 7 nitrogen and oxygen atoms in total. The Balaban J connectivity index is 2.32. The Kier molecular flexibility index (Phi) is 3.03. The van der Waals surface area contributed by atoms with Gasteiger partial charge in [0, 0.05) is 11.8 Å². The van der Waals surface area contributed by atoms with E-state index in [1.165, 1.54) is 34.9 Å². The zero-order valence-corrected chi connectivity index (χ0v) is 11.1. The third-order valence-electron chi connectivity index (χ3n) is 3.20. The van der Waals surface area contributed by atoms with E-state index in [0.29, 0.717) is 11.4 Å². The van der Waals surface area contributed by atoms with E-state index in [1.54, 1.807) is 12.1 Å². The monoisotopic (exact) mass is 298 g/mol. The van der Waals surface area contributed by atoms with E-state index in [2.05, 4.69) is 4.98 Å². The topological polar surface area (TPSA) is 112 Å². The number of phenols is 1. The molecule has 1 aromatic carbocycles. The highest BCUT2D eigenvalue weighted by molar-refractivity contribution is 5.97. The molecule has 0 saturated carbocycles. The molecule has 0 aliphatic heterocycles. The van der Waals surface area contributed by atoms with Crippen LogP contribution in [0.3, 0.4) is 0 Å². The zero-order chi connectivity index (χ0) is 15.9. The van der Waals surface area contributed by atoms with E-state index < -0.39 is 11.9 Å². The number of carboxylic acid groups (broad SMARTS) is 2. The van der Waals surface area contributed by atoms with Crippen LogP contribution in [0, 0.1) is 0 Å². The van der Waals surface area contributed by atoms with Crippen molar-refractivity contribution in [2.45, 2.75) is 0 Å². The summed E-state index contributed by atoms with van der Waals surface area (Å²) in [5.74, 6) is -2.08. The molecule has 0 atom stereocenters. The Morgan fingerprint density at radius 1 is 1.05 bits per heavy atom. The Hall–Kier alpha value is -3.35. The fraction of sp³-hybridized carbons (Fsp3) is 0. The number of imidazole rings is 1.